The van der Waals surface area contributed by atoms with E-state index in [0.29, 0.717) is 6.42 Å². The quantitative estimate of drug-likeness (QED) is 0.459. The molecular formula is C22H22N4. The van der Waals surface area contributed by atoms with E-state index in [-0.39, 0.29) is 0 Å². The molecule has 0 heterocycles. The molecule has 3 aromatic carbocycles. The summed E-state index contributed by atoms with van der Waals surface area (Å²) in [4.78, 5) is 0. The molecule has 0 radical (unpaired) electrons. The van der Waals surface area contributed by atoms with Crippen molar-refractivity contribution in [2.24, 2.45) is 10.2 Å². The van der Waals surface area contributed by atoms with Crippen LogP contribution in [0.2, 0.25) is 0 Å². The number of rotatable bonds is 7. The van der Waals surface area contributed by atoms with Crippen molar-refractivity contribution in [1.82, 2.24) is 0 Å². The molecule has 0 spiro atoms. The van der Waals surface area contributed by atoms with Crippen molar-refractivity contribution in [3.8, 4) is 0 Å². The number of hydrogen-bond acceptors (Lipinski definition) is 4. The first-order valence-electron chi connectivity index (χ1n) is 8.58. The van der Waals surface area contributed by atoms with Crippen molar-refractivity contribution in [3.05, 3.63) is 96.6 Å². The van der Waals surface area contributed by atoms with Crippen LogP contribution in [0.3, 0.4) is 0 Å². The summed E-state index contributed by atoms with van der Waals surface area (Å²) in [6.07, 6.45) is 0.701. The Morgan fingerprint density at radius 3 is 1.65 bits per heavy atom. The molecule has 0 aromatic heterocycles. The molecular weight excluding hydrogens is 320 g/mol. The summed E-state index contributed by atoms with van der Waals surface area (Å²) in [5, 5.41) is 9.10. The van der Waals surface area contributed by atoms with E-state index < -0.39 is 0 Å². The van der Waals surface area contributed by atoms with Gasteiger partial charge in [0.15, 0.2) is 0 Å². The van der Waals surface area contributed by atoms with Crippen LogP contribution in [-0.4, -0.2) is 11.4 Å². The maximum atomic E-state index is 4.60. The average molecular weight is 342 g/mol. The van der Waals surface area contributed by atoms with Gasteiger partial charge < -0.3 is 0 Å². The van der Waals surface area contributed by atoms with Crippen LogP contribution in [0.25, 0.3) is 0 Å². The predicted molar refractivity (Wildman–Crippen MR) is 111 cm³/mol. The first-order valence-corrected chi connectivity index (χ1v) is 8.58. The molecule has 0 saturated heterocycles. The monoisotopic (exact) mass is 342 g/mol. The number of hydrogen-bond donors (Lipinski definition) is 2. The number of para-hydroxylation sites is 2. The van der Waals surface area contributed by atoms with Gasteiger partial charge in [0.05, 0.1) is 22.8 Å². The smallest absolute Gasteiger partial charge is 0.0880 e. The zero-order chi connectivity index (χ0) is 18.0. The van der Waals surface area contributed by atoms with Crippen molar-refractivity contribution < 1.29 is 0 Å². The van der Waals surface area contributed by atoms with Gasteiger partial charge in [0.1, 0.15) is 0 Å². The molecule has 0 aliphatic heterocycles. The van der Waals surface area contributed by atoms with E-state index in [9.17, 15) is 0 Å². The number of hydrazone groups is 2. The van der Waals surface area contributed by atoms with Crippen LogP contribution in [0.5, 0.6) is 0 Å². The van der Waals surface area contributed by atoms with Crippen molar-refractivity contribution in [2.75, 3.05) is 10.9 Å². The maximum absolute atomic E-state index is 4.60. The van der Waals surface area contributed by atoms with Crippen LogP contribution >= 0.6 is 0 Å². The zero-order valence-corrected chi connectivity index (χ0v) is 14.8. The van der Waals surface area contributed by atoms with E-state index in [1.807, 2.05) is 85.8 Å². The van der Waals surface area contributed by atoms with Gasteiger partial charge in [0.2, 0.25) is 0 Å². The van der Waals surface area contributed by atoms with E-state index in [1.165, 1.54) is 5.56 Å². The van der Waals surface area contributed by atoms with Gasteiger partial charge in [-0.05, 0) is 36.8 Å². The van der Waals surface area contributed by atoms with Crippen molar-refractivity contribution in [3.63, 3.8) is 0 Å². The molecule has 0 aliphatic carbocycles. The first kappa shape index (κ1) is 17.4. The molecule has 0 atom stereocenters. The normalized spacial score (nSPS) is 11.9. The van der Waals surface area contributed by atoms with E-state index in [0.717, 1.165) is 22.8 Å². The molecule has 130 valence electrons. The Morgan fingerprint density at radius 2 is 1.12 bits per heavy atom. The Labute approximate surface area is 154 Å². The summed E-state index contributed by atoms with van der Waals surface area (Å²) in [5.74, 6) is 0. The average Bonchev–Trinajstić information content (AvgIpc) is 2.71. The Bertz CT molecular complexity index is 856. The molecule has 0 aliphatic rings. The summed E-state index contributed by atoms with van der Waals surface area (Å²) in [6, 6.07) is 30.1. The minimum absolute atomic E-state index is 0.701. The van der Waals surface area contributed by atoms with Gasteiger partial charge in [-0.25, -0.2) is 0 Å². The molecule has 0 saturated carbocycles. The second-order valence-electron chi connectivity index (χ2n) is 5.87. The number of nitrogens with one attached hydrogen (secondary N) is 2. The summed E-state index contributed by atoms with van der Waals surface area (Å²) >= 11 is 0. The number of nitrogens with zero attached hydrogens (tertiary/aromatic N) is 2. The lowest BCUT2D eigenvalue weighted by molar-refractivity contribution is 1.25. The van der Waals surface area contributed by atoms with Crippen LogP contribution in [-0.2, 0) is 6.42 Å². The topological polar surface area (TPSA) is 48.8 Å². The molecule has 4 nitrogen and oxygen atoms in total. The lowest BCUT2D eigenvalue weighted by Gasteiger charge is -2.09. The first-order chi connectivity index (χ1) is 12.8. The maximum Gasteiger partial charge on any atom is 0.0880 e. The third-order valence-electron chi connectivity index (χ3n) is 3.85. The second kappa shape index (κ2) is 9.18. The molecule has 4 heteroatoms. The predicted octanol–water partition coefficient (Wildman–Crippen LogP) is 5.19. The highest BCUT2D eigenvalue weighted by atomic mass is 15.3. The summed E-state index contributed by atoms with van der Waals surface area (Å²) in [6.45, 7) is 1.96. The standard InChI is InChI=1S/C22H22N4/c1-18(23-24-20-13-7-3-8-14-20)22(17-19-11-5-2-6-12-19)26-25-21-15-9-4-10-16-21/h2-16,24-25H,17H2,1H3/b23-18?,26-22-. The highest BCUT2D eigenvalue weighted by Gasteiger charge is 2.07. The highest BCUT2D eigenvalue weighted by molar-refractivity contribution is 6.42. The van der Waals surface area contributed by atoms with Crippen LogP contribution in [0.1, 0.15) is 12.5 Å². The molecule has 0 bridgehead atoms. The fourth-order valence-electron chi connectivity index (χ4n) is 2.41. The molecule has 2 N–H and O–H groups in total. The molecule has 0 amide bonds. The van der Waals surface area contributed by atoms with Gasteiger partial charge in [-0.15, -0.1) is 0 Å². The van der Waals surface area contributed by atoms with E-state index in [1.54, 1.807) is 0 Å². The lowest BCUT2D eigenvalue weighted by Crippen LogP contribution is -2.17. The van der Waals surface area contributed by atoms with Crippen molar-refractivity contribution >= 4 is 22.8 Å². The Morgan fingerprint density at radius 1 is 0.654 bits per heavy atom. The summed E-state index contributed by atoms with van der Waals surface area (Å²) < 4.78 is 0. The Balaban J connectivity index is 1.79. The number of benzene rings is 3. The van der Waals surface area contributed by atoms with E-state index in [2.05, 4.69) is 33.2 Å². The minimum Gasteiger partial charge on any atom is -0.278 e. The van der Waals surface area contributed by atoms with E-state index >= 15 is 0 Å². The van der Waals surface area contributed by atoms with E-state index in [4.69, 9.17) is 0 Å². The largest absolute Gasteiger partial charge is 0.278 e. The lowest BCUT2D eigenvalue weighted by atomic mass is 10.1. The fourth-order valence-corrected chi connectivity index (χ4v) is 2.41. The Kier molecular flexibility index (Phi) is 6.15. The van der Waals surface area contributed by atoms with Gasteiger partial charge in [-0.3, -0.25) is 10.9 Å². The van der Waals surface area contributed by atoms with Gasteiger partial charge in [0, 0.05) is 6.42 Å². The van der Waals surface area contributed by atoms with Crippen LogP contribution in [0.15, 0.2) is 101 Å². The third kappa shape index (κ3) is 5.31. The summed E-state index contributed by atoms with van der Waals surface area (Å²) in [5.41, 5.74) is 11.0. The highest BCUT2D eigenvalue weighted by Crippen LogP contribution is 2.08. The Hall–Kier alpha value is -3.40. The summed E-state index contributed by atoms with van der Waals surface area (Å²) in [7, 11) is 0. The van der Waals surface area contributed by atoms with Crippen LogP contribution in [0, 0.1) is 0 Å². The van der Waals surface area contributed by atoms with Crippen LogP contribution < -0.4 is 10.9 Å². The molecule has 3 rings (SSSR count). The SMILES string of the molecule is CC(=NNc1ccccc1)/C(Cc1ccccc1)=N\Nc1ccccc1. The second-order valence-corrected chi connectivity index (χ2v) is 5.87. The van der Waals surface area contributed by atoms with Gasteiger partial charge in [0.25, 0.3) is 0 Å². The third-order valence-corrected chi connectivity index (χ3v) is 3.85. The fraction of sp³-hybridized carbons (Fsp3) is 0.0909. The van der Waals surface area contributed by atoms with Crippen molar-refractivity contribution in [2.45, 2.75) is 13.3 Å². The molecule has 0 fully saturated rings. The van der Waals surface area contributed by atoms with Crippen molar-refractivity contribution in [1.29, 1.82) is 0 Å². The zero-order valence-electron chi connectivity index (χ0n) is 14.8. The minimum atomic E-state index is 0.701. The van der Waals surface area contributed by atoms with Crippen LogP contribution in [0.4, 0.5) is 11.4 Å². The number of anilines is 2. The van der Waals surface area contributed by atoms with Gasteiger partial charge in [-0.2, -0.15) is 10.2 Å². The molecule has 0 unspecified atom stereocenters. The molecule has 3 aromatic rings. The van der Waals surface area contributed by atoms with Gasteiger partial charge in [-0.1, -0.05) is 66.7 Å². The van der Waals surface area contributed by atoms with Gasteiger partial charge >= 0.3 is 0 Å². The molecule has 26 heavy (non-hydrogen) atoms.